The first-order valence-corrected chi connectivity index (χ1v) is 7.78. The molecule has 0 fully saturated rings. The number of fused-ring (bicyclic) bond motifs is 1. The van der Waals surface area contributed by atoms with Crippen LogP contribution in [0.2, 0.25) is 0 Å². The van der Waals surface area contributed by atoms with Gasteiger partial charge in [-0.1, -0.05) is 6.92 Å². The van der Waals surface area contributed by atoms with Gasteiger partial charge in [0.05, 0.1) is 23.1 Å². The second-order valence-electron chi connectivity index (χ2n) is 5.06. The Morgan fingerprint density at radius 2 is 2.19 bits per heavy atom. The molecule has 108 valence electrons. The average Bonchev–Trinajstić information content (AvgIpc) is 3.03. The molecule has 21 heavy (non-hydrogen) atoms. The Morgan fingerprint density at radius 1 is 1.38 bits per heavy atom. The second kappa shape index (κ2) is 5.33. The van der Waals surface area contributed by atoms with Crippen molar-refractivity contribution in [1.82, 2.24) is 9.55 Å². The van der Waals surface area contributed by atoms with Crippen LogP contribution < -0.4 is 0 Å². The summed E-state index contributed by atoms with van der Waals surface area (Å²) in [7, 11) is 0. The molecule has 0 aliphatic carbocycles. The van der Waals surface area contributed by atoms with E-state index in [0.717, 1.165) is 29.8 Å². The monoisotopic (exact) mass is 300 g/mol. The molecule has 0 spiro atoms. The Labute approximate surface area is 126 Å². The van der Waals surface area contributed by atoms with Crippen LogP contribution in [0.15, 0.2) is 29.0 Å². The number of benzene rings is 1. The summed E-state index contributed by atoms with van der Waals surface area (Å²) >= 11 is 1.69. The Balaban J connectivity index is 2.16. The molecule has 5 heteroatoms. The third-order valence-corrected chi connectivity index (χ3v) is 4.59. The zero-order chi connectivity index (χ0) is 15.0. The normalized spacial score (nSPS) is 11.1. The number of carboxylic acids is 1. The predicted molar refractivity (Wildman–Crippen MR) is 84.2 cm³/mol. The number of aryl methyl sites for hydroxylation is 2. The molecule has 0 saturated heterocycles. The van der Waals surface area contributed by atoms with Crippen LogP contribution in [-0.2, 0) is 13.0 Å². The van der Waals surface area contributed by atoms with Crippen molar-refractivity contribution < 1.29 is 9.90 Å². The van der Waals surface area contributed by atoms with Gasteiger partial charge in [0.15, 0.2) is 0 Å². The number of rotatable bonds is 4. The number of nitrogens with zero attached hydrogens (tertiary/aromatic N) is 2. The number of carboxylic acid groups (broad SMARTS) is 1. The summed E-state index contributed by atoms with van der Waals surface area (Å²) in [4.78, 5) is 15.8. The molecule has 1 N–H and O–H groups in total. The first-order valence-electron chi connectivity index (χ1n) is 6.84. The van der Waals surface area contributed by atoms with E-state index in [1.807, 2.05) is 0 Å². The number of imidazole rings is 1. The molecule has 0 bridgehead atoms. The fourth-order valence-electron chi connectivity index (χ4n) is 2.47. The first-order chi connectivity index (χ1) is 10.1. The minimum Gasteiger partial charge on any atom is -0.478 e. The highest BCUT2D eigenvalue weighted by atomic mass is 32.1. The van der Waals surface area contributed by atoms with E-state index in [9.17, 15) is 9.90 Å². The van der Waals surface area contributed by atoms with E-state index in [1.54, 1.807) is 29.5 Å². The lowest BCUT2D eigenvalue weighted by molar-refractivity contribution is 0.0697. The van der Waals surface area contributed by atoms with Gasteiger partial charge in [0, 0.05) is 6.42 Å². The summed E-state index contributed by atoms with van der Waals surface area (Å²) in [5, 5.41) is 13.4. The number of thiophene rings is 1. The van der Waals surface area contributed by atoms with E-state index >= 15 is 0 Å². The van der Waals surface area contributed by atoms with Gasteiger partial charge in [-0.3, -0.25) is 0 Å². The van der Waals surface area contributed by atoms with Crippen LogP contribution in [0.5, 0.6) is 0 Å². The third-order valence-electron chi connectivity index (χ3n) is 3.68. The fraction of sp³-hybridized carbons (Fsp3) is 0.250. The summed E-state index contributed by atoms with van der Waals surface area (Å²) in [6.45, 7) is 4.90. The minimum atomic E-state index is -0.908. The van der Waals surface area contributed by atoms with Crippen LogP contribution in [0.1, 0.15) is 34.2 Å². The first kappa shape index (κ1) is 13.8. The smallest absolute Gasteiger partial charge is 0.335 e. The van der Waals surface area contributed by atoms with Gasteiger partial charge in [0.2, 0.25) is 0 Å². The molecule has 0 aliphatic heterocycles. The van der Waals surface area contributed by atoms with Gasteiger partial charge in [0.1, 0.15) is 5.82 Å². The van der Waals surface area contributed by atoms with Crippen molar-refractivity contribution in [2.45, 2.75) is 26.8 Å². The van der Waals surface area contributed by atoms with Crippen molar-refractivity contribution in [3.05, 3.63) is 51.5 Å². The summed E-state index contributed by atoms with van der Waals surface area (Å²) in [5.41, 5.74) is 4.56. The highest BCUT2D eigenvalue weighted by Crippen LogP contribution is 2.22. The van der Waals surface area contributed by atoms with Crippen LogP contribution in [0, 0.1) is 6.92 Å². The molecule has 2 heterocycles. The number of hydrogen-bond acceptors (Lipinski definition) is 3. The SMILES string of the molecule is CCc1nc2ccc(C(=O)O)cc2n1Cc1cscc1C. The maximum atomic E-state index is 11.2. The van der Waals surface area contributed by atoms with Gasteiger partial charge < -0.3 is 9.67 Å². The molecule has 0 saturated carbocycles. The number of carbonyl (C=O) groups is 1. The van der Waals surface area contributed by atoms with E-state index in [2.05, 4.69) is 34.2 Å². The molecule has 0 atom stereocenters. The Kier molecular flexibility index (Phi) is 3.51. The zero-order valence-electron chi connectivity index (χ0n) is 12.0. The molecule has 0 aliphatic rings. The van der Waals surface area contributed by atoms with Gasteiger partial charge in [0.25, 0.3) is 0 Å². The van der Waals surface area contributed by atoms with Crippen molar-refractivity contribution in [3.63, 3.8) is 0 Å². The summed E-state index contributed by atoms with van der Waals surface area (Å²) < 4.78 is 2.12. The summed E-state index contributed by atoms with van der Waals surface area (Å²) in [5.74, 6) is 0.0764. The molecular formula is C16H16N2O2S. The van der Waals surface area contributed by atoms with Crippen molar-refractivity contribution in [1.29, 1.82) is 0 Å². The molecule has 3 rings (SSSR count). The van der Waals surface area contributed by atoms with E-state index in [-0.39, 0.29) is 0 Å². The molecule has 0 unspecified atom stereocenters. The Hall–Kier alpha value is -2.14. The van der Waals surface area contributed by atoms with Crippen molar-refractivity contribution >= 4 is 28.3 Å². The largest absolute Gasteiger partial charge is 0.478 e. The zero-order valence-corrected chi connectivity index (χ0v) is 12.8. The highest BCUT2D eigenvalue weighted by molar-refractivity contribution is 7.08. The van der Waals surface area contributed by atoms with Crippen LogP contribution in [0.3, 0.4) is 0 Å². The third kappa shape index (κ3) is 2.45. The van der Waals surface area contributed by atoms with Gasteiger partial charge >= 0.3 is 5.97 Å². The van der Waals surface area contributed by atoms with Crippen LogP contribution >= 0.6 is 11.3 Å². The Morgan fingerprint density at radius 3 is 2.81 bits per heavy atom. The molecule has 0 radical (unpaired) electrons. The Bertz CT molecular complexity index is 817. The second-order valence-corrected chi connectivity index (χ2v) is 5.80. The van der Waals surface area contributed by atoms with Crippen LogP contribution in [-0.4, -0.2) is 20.6 Å². The minimum absolute atomic E-state index is 0.299. The molecule has 2 aromatic heterocycles. The van der Waals surface area contributed by atoms with E-state index in [4.69, 9.17) is 0 Å². The molecule has 0 amide bonds. The molecule has 3 aromatic rings. The highest BCUT2D eigenvalue weighted by Gasteiger charge is 2.13. The molecular weight excluding hydrogens is 284 g/mol. The lowest BCUT2D eigenvalue weighted by atomic mass is 10.2. The fourth-order valence-corrected chi connectivity index (χ4v) is 3.32. The summed E-state index contributed by atoms with van der Waals surface area (Å²) in [6.07, 6.45) is 0.820. The van der Waals surface area contributed by atoms with Gasteiger partial charge in [-0.05, 0) is 47.0 Å². The van der Waals surface area contributed by atoms with Gasteiger partial charge in [-0.15, -0.1) is 0 Å². The van der Waals surface area contributed by atoms with Crippen LogP contribution in [0.25, 0.3) is 11.0 Å². The van der Waals surface area contributed by atoms with Crippen LogP contribution in [0.4, 0.5) is 0 Å². The lowest BCUT2D eigenvalue weighted by Gasteiger charge is -2.08. The predicted octanol–water partition coefficient (Wildman–Crippen LogP) is 3.72. The number of aromatic carboxylic acids is 1. The number of aromatic nitrogens is 2. The topological polar surface area (TPSA) is 55.1 Å². The van der Waals surface area contributed by atoms with Crippen molar-refractivity contribution in [2.75, 3.05) is 0 Å². The van der Waals surface area contributed by atoms with Crippen molar-refractivity contribution in [3.8, 4) is 0 Å². The van der Waals surface area contributed by atoms with Crippen molar-refractivity contribution in [2.24, 2.45) is 0 Å². The summed E-state index contributed by atoms with van der Waals surface area (Å²) in [6, 6.07) is 5.11. The molecule has 1 aromatic carbocycles. The molecule has 4 nitrogen and oxygen atoms in total. The van der Waals surface area contributed by atoms with E-state index in [1.165, 1.54) is 11.1 Å². The van der Waals surface area contributed by atoms with Gasteiger partial charge in [-0.2, -0.15) is 11.3 Å². The van der Waals surface area contributed by atoms with E-state index < -0.39 is 5.97 Å². The lowest BCUT2D eigenvalue weighted by Crippen LogP contribution is -2.05. The van der Waals surface area contributed by atoms with Gasteiger partial charge in [-0.25, -0.2) is 9.78 Å². The standard InChI is InChI=1S/C16H16N2O2S/c1-3-15-17-13-5-4-11(16(19)20)6-14(13)18(15)7-12-9-21-8-10(12)2/h4-6,8-9H,3,7H2,1-2H3,(H,19,20). The number of hydrogen-bond donors (Lipinski definition) is 1. The maximum absolute atomic E-state index is 11.2. The maximum Gasteiger partial charge on any atom is 0.335 e. The average molecular weight is 300 g/mol. The van der Waals surface area contributed by atoms with E-state index in [0.29, 0.717) is 5.56 Å². The quantitative estimate of drug-likeness (QED) is 0.799.